The number of pyridine rings is 1. The van der Waals surface area contributed by atoms with Gasteiger partial charge in [-0.15, -0.1) is 6.42 Å². The van der Waals surface area contributed by atoms with Crippen molar-refractivity contribution in [2.45, 2.75) is 69.8 Å². The van der Waals surface area contributed by atoms with Crippen LogP contribution in [0, 0.1) is 12.3 Å². The van der Waals surface area contributed by atoms with Crippen molar-refractivity contribution >= 4 is 40.4 Å². The second-order valence-corrected chi connectivity index (χ2v) is 10.7. The number of aliphatic hydroxyl groups is 2. The fraction of sp³-hybridized carbons (Fsp3) is 0.467. The first-order valence-corrected chi connectivity index (χ1v) is 14.2. The summed E-state index contributed by atoms with van der Waals surface area (Å²) in [5.74, 6) is 0.230. The number of aliphatic hydroxyl groups excluding tert-OH is 1. The lowest BCUT2D eigenvalue weighted by atomic mass is 9.91. The van der Waals surface area contributed by atoms with Crippen molar-refractivity contribution in [2.24, 2.45) is 0 Å². The summed E-state index contributed by atoms with van der Waals surface area (Å²) < 4.78 is 24.0. The minimum absolute atomic E-state index is 0.0376. The van der Waals surface area contributed by atoms with Crippen LogP contribution in [-0.4, -0.2) is 86.0 Å². The van der Waals surface area contributed by atoms with Gasteiger partial charge in [0.1, 0.15) is 22.9 Å². The number of halogens is 1. The van der Waals surface area contributed by atoms with Crippen molar-refractivity contribution in [1.29, 1.82) is 0 Å². The topological polar surface area (TPSA) is 154 Å². The van der Waals surface area contributed by atoms with Gasteiger partial charge in [-0.05, 0) is 33.3 Å². The summed E-state index contributed by atoms with van der Waals surface area (Å²) in [5, 5.41) is 26.1. The van der Waals surface area contributed by atoms with Gasteiger partial charge < -0.3 is 34.5 Å². The van der Waals surface area contributed by atoms with Crippen LogP contribution in [0.25, 0.3) is 11.2 Å². The van der Waals surface area contributed by atoms with Crippen LogP contribution in [0.1, 0.15) is 39.5 Å². The molecule has 0 aliphatic carbocycles. The SMILES string of the molecule is C#C[C@@]1(O)[C@@H](COC(Cc2ccccc2)(C(=O)OCC)C(=O)OCC)O[C@@H](n2cnc3c(NC(C)C)cc(Cl)nc32)[C@@H]1O. The van der Waals surface area contributed by atoms with Crippen LogP contribution in [0.3, 0.4) is 0 Å². The predicted molar refractivity (Wildman–Crippen MR) is 157 cm³/mol. The predicted octanol–water partition coefficient (Wildman–Crippen LogP) is 2.65. The number of nitrogens with one attached hydrogen (secondary N) is 1. The fourth-order valence-corrected chi connectivity index (χ4v) is 5.08. The van der Waals surface area contributed by atoms with Crippen LogP contribution in [-0.2, 0) is 35.0 Å². The van der Waals surface area contributed by atoms with E-state index in [9.17, 15) is 19.8 Å². The number of nitrogens with zero attached hydrogens (tertiary/aromatic N) is 3. The van der Waals surface area contributed by atoms with E-state index in [-0.39, 0.29) is 36.5 Å². The van der Waals surface area contributed by atoms with Gasteiger partial charge in [0.05, 0.1) is 31.8 Å². The van der Waals surface area contributed by atoms with Crippen LogP contribution >= 0.6 is 11.6 Å². The highest BCUT2D eigenvalue weighted by atomic mass is 35.5. The van der Waals surface area contributed by atoms with Crippen molar-refractivity contribution in [3.8, 4) is 12.3 Å². The Morgan fingerprint density at radius 2 is 1.88 bits per heavy atom. The molecule has 1 saturated heterocycles. The first kappa shape index (κ1) is 32.2. The van der Waals surface area contributed by atoms with E-state index in [0.29, 0.717) is 16.8 Å². The van der Waals surface area contributed by atoms with Crippen LogP contribution in [0.4, 0.5) is 5.69 Å². The normalized spacial score (nSPS) is 22.0. The second-order valence-electron chi connectivity index (χ2n) is 10.3. The van der Waals surface area contributed by atoms with E-state index in [1.165, 1.54) is 10.9 Å². The average molecular weight is 615 g/mol. The van der Waals surface area contributed by atoms with Gasteiger partial charge in [0.2, 0.25) is 0 Å². The molecular weight excluding hydrogens is 580 g/mol. The molecular formula is C30H35ClN4O8. The Morgan fingerprint density at radius 3 is 2.47 bits per heavy atom. The largest absolute Gasteiger partial charge is 0.463 e. The molecule has 1 fully saturated rings. The van der Waals surface area contributed by atoms with E-state index in [4.69, 9.17) is 37.0 Å². The number of fused-ring (bicyclic) bond motifs is 1. The Bertz CT molecular complexity index is 1470. The molecule has 2 aromatic heterocycles. The van der Waals surface area contributed by atoms with Crippen molar-refractivity contribution in [3.05, 3.63) is 53.4 Å². The Balaban J connectivity index is 1.70. The molecule has 0 radical (unpaired) electrons. The quantitative estimate of drug-likeness (QED) is 0.119. The Morgan fingerprint density at radius 1 is 1.23 bits per heavy atom. The summed E-state index contributed by atoms with van der Waals surface area (Å²) in [6, 6.07) is 10.4. The molecule has 13 heteroatoms. The van der Waals surface area contributed by atoms with Crippen LogP contribution in [0.5, 0.6) is 0 Å². The molecule has 43 heavy (non-hydrogen) atoms. The number of hydrogen-bond acceptors (Lipinski definition) is 11. The van der Waals surface area contributed by atoms with Crippen LogP contribution < -0.4 is 5.32 Å². The summed E-state index contributed by atoms with van der Waals surface area (Å²) in [6.45, 7) is 6.40. The number of hydrogen-bond donors (Lipinski definition) is 3. The maximum atomic E-state index is 13.3. The Hall–Kier alpha value is -3.73. The molecule has 3 N–H and O–H groups in total. The molecule has 0 amide bonds. The number of imidazole rings is 1. The molecule has 0 unspecified atom stereocenters. The summed E-state index contributed by atoms with van der Waals surface area (Å²) in [6.07, 6.45) is 2.45. The van der Waals surface area contributed by atoms with Gasteiger partial charge in [0.25, 0.3) is 5.60 Å². The molecule has 0 spiro atoms. The van der Waals surface area contributed by atoms with Crippen molar-refractivity contribution < 1.29 is 38.7 Å². The minimum Gasteiger partial charge on any atom is -0.463 e. The van der Waals surface area contributed by atoms with Gasteiger partial charge in [-0.3, -0.25) is 4.57 Å². The molecule has 3 aromatic rings. The third-order valence-corrected chi connectivity index (χ3v) is 7.14. The summed E-state index contributed by atoms with van der Waals surface area (Å²) in [4.78, 5) is 35.4. The van der Waals surface area contributed by atoms with Crippen molar-refractivity contribution in [3.63, 3.8) is 0 Å². The third-order valence-electron chi connectivity index (χ3n) is 6.95. The molecule has 4 atom stereocenters. The second kappa shape index (κ2) is 13.3. The number of aromatic nitrogens is 3. The van der Waals surface area contributed by atoms with Crippen LogP contribution in [0.15, 0.2) is 42.7 Å². The first-order valence-electron chi connectivity index (χ1n) is 13.9. The van der Waals surface area contributed by atoms with Gasteiger partial charge in [-0.2, -0.15) is 0 Å². The summed E-state index contributed by atoms with van der Waals surface area (Å²) in [7, 11) is 0. The molecule has 0 bridgehead atoms. The van der Waals surface area contributed by atoms with E-state index in [1.807, 2.05) is 13.8 Å². The van der Waals surface area contributed by atoms with Crippen LogP contribution in [0.2, 0.25) is 5.15 Å². The summed E-state index contributed by atoms with van der Waals surface area (Å²) >= 11 is 6.28. The van der Waals surface area contributed by atoms with E-state index in [1.54, 1.807) is 50.2 Å². The standard InChI is InChI=1S/C30H35ClN4O8/c1-6-29(39)21(16-42-30(27(37)40-7-2,28(38)41-8-3)15-19-12-10-9-11-13-19)43-26(24(29)36)35-17-32-23-20(33-18(4)5)14-22(31)34-25(23)35/h1,9-14,17-18,21,24,26,36,39H,7-8,15-16H2,2-5H3,(H,33,34)/t21-,24+,26-,29-/m1/s1. The number of benzene rings is 1. The molecule has 230 valence electrons. The molecule has 1 aliphatic heterocycles. The maximum absolute atomic E-state index is 13.3. The monoisotopic (exact) mass is 614 g/mol. The van der Waals surface area contributed by atoms with Crippen molar-refractivity contribution in [2.75, 3.05) is 25.1 Å². The maximum Gasteiger partial charge on any atom is 0.350 e. The van der Waals surface area contributed by atoms with Crippen molar-refractivity contribution in [1.82, 2.24) is 14.5 Å². The molecule has 4 rings (SSSR count). The van der Waals surface area contributed by atoms with Gasteiger partial charge in [0.15, 0.2) is 17.5 Å². The lowest BCUT2D eigenvalue weighted by Gasteiger charge is -2.32. The van der Waals surface area contributed by atoms with Gasteiger partial charge >= 0.3 is 11.9 Å². The fourth-order valence-electron chi connectivity index (χ4n) is 4.89. The Labute approximate surface area is 254 Å². The number of carbonyl (C=O) groups excluding carboxylic acids is 2. The lowest BCUT2D eigenvalue weighted by molar-refractivity contribution is -0.198. The highest BCUT2D eigenvalue weighted by Gasteiger charge is 2.58. The van der Waals surface area contributed by atoms with Gasteiger partial charge in [-0.1, -0.05) is 47.9 Å². The molecule has 1 aromatic carbocycles. The van der Waals surface area contributed by atoms with E-state index in [2.05, 4.69) is 21.2 Å². The smallest absolute Gasteiger partial charge is 0.350 e. The van der Waals surface area contributed by atoms with Gasteiger partial charge in [0, 0.05) is 18.5 Å². The third kappa shape index (κ3) is 6.32. The zero-order valence-corrected chi connectivity index (χ0v) is 25.1. The zero-order chi connectivity index (χ0) is 31.4. The summed E-state index contributed by atoms with van der Waals surface area (Å²) in [5.41, 5.74) is -2.66. The number of rotatable bonds is 12. The molecule has 12 nitrogen and oxygen atoms in total. The van der Waals surface area contributed by atoms with E-state index < -0.39 is 48.2 Å². The number of anilines is 1. The van der Waals surface area contributed by atoms with Gasteiger partial charge in [-0.25, -0.2) is 19.6 Å². The zero-order valence-electron chi connectivity index (χ0n) is 24.3. The number of esters is 2. The number of carbonyl (C=O) groups is 2. The number of terminal acetylenes is 1. The first-order chi connectivity index (χ1) is 20.5. The minimum atomic E-state index is -2.30. The lowest BCUT2D eigenvalue weighted by Crippen LogP contribution is -2.56. The van der Waals surface area contributed by atoms with E-state index >= 15 is 0 Å². The Kier molecular flexibility index (Phi) is 9.94. The molecule has 1 aliphatic rings. The number of ether oxygens (including phenoxy) is 4. The molecule has 3 heterocycles. The molecule has 0 saturated carbocycles. The average Bonchev–Trinajstić information content (AvgIpc) is 3.50. The van der Waals surface area contributed by atoms with E-state index in [0.717, 1.165) is 0 Å². The highest BCUT2D eigenvalue weighted by Crippen LogP contribution is 2.40. The highest BCUT2D eigenvalue weighted by molar-refractivity contribution is 6.30.